The van der Waals surface area contributed by atoms with Crippen LogP contribution in [0.3, 0.4) is 0 Å². The molecule has 2 atom stereocenters. The summed E-state index contributed by atoms with van der Waals surface area (Å²) in [7, 11) is 0. The highest BCUT2D eigenvalue weighted by atomic mass is 19.4. The van der Waals surface area contributed by atoms with Gasteiger partial charge in [-0.2, -0.15) is 13.2 Å². The van der Waals surface area contributed by atoms with E-state index >= 15 is 0 Å². The van der Waals surface area contributed by atoms with Crippen molar-refractivity contribution in [1.82, 2.24) is 14.9 Å². The Balaban J connectivity index is 1.51. The summed E-state index contributed by atoms with van der Waals surface area (Å²) in [4.78, 5) is 23.6. The number of carbonyl (C=O) groups is 1. The summed E-state index contributed by atoms with van der Waals surface area (Å²) in [6.07, 6.45) is 3.80. The van der Waals surface area contributed by atoms with E-state index in [1.165, 1.54) is 18.2 Å². The first-order valence-electron chi connectivity index (χ1n) is 8.85. The predicted molar refractivity (Wildman–Crippen MR) is 98.2 cm³/mol. The Morgan fingerprint density at radius 3 is 2.46 bits per heavy atom. The van der Waals surface area contributed by atoms with Crippen LogP contribution in [0.25, 0.3) is 0 Å². The van der Waals surface area contributed by atoms with E-state index in [0.29, 0.717) is 23.4 Å². The first-order chi connectivity index (χ1) is 13.5. The third kappa shape index (κ3) is 3.51. The van der Waals surface area contributed by atoms with Gasteiger partial charge in [0.1, 0.15) is 6.29 Å². The van der Waals surface area contributed by atoms with Crippen LogP contribution >= 0.6 is 0 Å². The van der Waals surface area contributed by atoms with Gasteiger partial charge in [0.05, 0.1) is 11.6 Å². The molecule has 1 aromatic heterocycles. The van der Waals surface area contributed by atoms with E-state index in [4.69, 9.17) is 0 Å². The van der Waals surface area contributed by atoms with E-state index in [2.05, 4.69) is 25.1 Å². The second-order valence-corrected chi connectivity index (χ2v) is 6.80. The molecule has 6 nitrogen and oxygen atoms in total. The van der Waals surface area contributed by atoms with Crippen molar-refractivity contribution >= 4 is 23.6 Å². The van der Waals surface area contributed by atoms with Gasteiger partial charge in [0, 0.05) is 43.4 Å². The van der Waals surface area contributed by atoms with Crippen molar-refractivity contribution in [3.8, 4) is 0 Å². The zero-order valence-electron chi connectivity index (χ0n) is 14.8. The first kappa shape index (κ1) is 18.3. The number of aromatic nitrogens is 2. The lowest BCUT2D eigenvalue weighted by Gasteiger charge is -2.34. The number of fused-ring (bicyclic) bond motifs is 2. The summed E-state index contributed by atoms with van der Waals surface area (Å²) in [5.74, 6) is 1.18. The first-order valence-corrected chi connectivity index (χ1v) is 8.85. The van der Waals surface area contributed by atoms with Crippen molar-refractivity contribution in [2.24, 2.45) is 0 Å². The van der Waals surface area contributed by atoms with Gasteiger partial charge < -0.3 is 15.1 Å². The van der Waals surface area contributed by atoms with E-state index in [0.717, 1.165) is 37.9 Å². The number of aldehydes is 1. The number of anilines is 3. The molecule has 2 aliphatic rings. The number of rotatable bonds is 5. The number of benzene rings is 1. The molecule has 2 bridgehead atoms. The number of nitrogens with zero attached hydrogens (tertiary/aromatic N) is 4. The predicted octanol–water partition coefficient (Wildman–Crippen LogP) is 3.21. The van der Waals surface area contributed by atoms with Gasteiger partial charge in [-0.1, -0.05) is 0 Å². The molecule has 2 aliphatic heterocycles. The highest BCUT2D eigenvalue weighted by molar-refractivity contribution is 5.69. The maximum atomic E-state index is 12.7. The molecule has 146 valence electrons. The van der Waals surface area contributed by atoms with Crippen molar-refractivity contribution in [1.29, 1.82) is 0 Å². The number of piperazine rings is 1. The number of alkyl halides is 3. The number of nitrogens with one attached hydrogen (secondary N) is 1. The number of hydrogen-bond acceptors (Lipinski definition) is 6. The molecule has 2 unspecified atom stereocenters. The summed E-state index contributed by atoms with van der Waals surface area (Å²) in [5.41, 5.74) is -0.188. The van der Waals surface area contributed by atoms with Crippen LogP contribution in [0, 0.1) is 0 Å². The minimum atomic E-state index is -4.37. The van der Waals surface area contributed by atoms with Crippen molar-refractivity contribution in [3.05, 3.63) is 54.5 Å². The standard InChI is InChI=1S/C19H18F3N5O/c20-19(21,22)13-2-4-14(5-3-13)25-17-18(24-7-6-23-17)27-12-15-10-16(27)11-26(15)8-1-9-28/h1-9,15-16H,10-12H2,(H,23,25). The lowest BCUT2D eigenvalue weighted by Crippen LogP contribution is -2.44. The molecule has 2 fully saturated rings. The molecular formula is C19H18F3N5O. The van der Waals surface area contributed by atoms with Gasteiger partial charge in [0.2, 0.25) is 0 Å². The molecule has 0 spiro atoms. The maximum Gasteiger partial charge on any atom is 0.416 e. The van der Waals surface area contributed by atoms with Crippen molar-refractivity contribution in [2.45, 2.75) is 24.7 Å². The van der Waals surface area contributed by atoms with Gasteiger partial charge in [-0.15, -0.1) is 0 Å². The number of allylic oxidation sites excluding steroid dienone is 1. The lowest BCUT2D eigenvalue weighted by molar-refractivity contribution is -0.137. The van der Waals surface area contributed by atoms with Gasteiger partial charge in [-0.05, 0) is 36.8 Å². The number of hydrogen-bond donors (Lipinski definition) is 1. The van der Waals surface area contributed by atoms with Gasteiger partial charge in [-0.3, -0.25) is 4.79 Å². The molecule has 3 heterocycles. The minimum absolute atomic E-state index is 0.242. The van der Waals surface area contributed by atoms with Gasteiger partial charge >= 0.3 is 6.18 Å². The molecule has 2 aromatic rings. The number of carbonyl (C=O) groups excluding carboxylic acids is 1. The Hall–Kier alpha value is -3.10. The average molecular weight is 389 g/mol. The number of likely N-dealkylation sites (tertiary alicyclic amines) is 1. The summed E-state index contributed by atoms with van der Waals surface area (Å²) in [6, 6.07) is 5.36. The molecule has 2 saturated heterocycles. The molecule has 1 aromatic carbocycles. The SMILES string of the molecule is O=CC=CN1CC2CC1CN2c1nccnc1Nc1ccc(C(F)(F)F)cc1. The summed E-state index contributed by atoms with van der Waals surface area (Å²) < 4.78 is 38.2. The van der Waals surface area contributed by atoms with E-state index in [-0.39, 0.29) is 6.04 Å². The Labute approximate surface area is 159 Å². The molecule has 28 heavy (non-hydrogen) atoms. The van der Waals surface area contributed by atoms with Crippen molar-refractivity contribution in [2.75, 3.05) is 23.3 Å². The third-order valence-electron chi connectivity index (χ3n) is 5.07. The summed E-state index contributed by atoms with van der Waals surface area (Å²) >= 11 is 0. The van der Waals surface area contributed by atoms with Crippen LogP contribution < -0.4 is 10.2 Å². The molecular weight excluding hydrogens is 371 g/mol. The third-order valence-corrected chi connectivity index (χ3v) is 5.07. The Morgan fingerprint density at radius 1 is 1.07 bits per heavy atom. The fourth-order valence-corrected chi connectivity index (χ4v) is 3.79. The van der Waals surface area contributed by atoms with Crippen LogP contribution in [0.15, 0.2) is 48.9 Å². The average Bonchev–Trinajstić information content (AvgIpc) is 3.27. The van der Waals surface area contributed by atoms with E-state index in [1.54, 1.807) is 12.4 Å². The smallest absolute Gasteiger partial charge is 0.370 e. The van der Waals surface area contributed by atoms with Crippen LogP contribution in [0.2, 0.25) is 0 Å². The number of halogens is 3. The topological polar surface area (TPSA) is 61.4 Å². The Morgan fingerprint density at radius 2 is 1.82 bits per heavy atom. The highest BCUT2D eigenvalue weighted by Gasteiger charge is 2.43. The molecule has 9 heteroatoms. The van der Waals surface area contributed by atoms with Crippen molar-refractivity contribution < 1.29 is 18.0 Å². The normalized spacial score (nSPS) is 21.5. The van der Waals surface area contributed by atoms with Crippen molar-refractivity contribution in [3.63, 3.8) is 0 Å². The second kappa shape index (κ2) is 7.14. The Kier molecular flexibility index (Phi) is 4.66. The fraction of sp³-hybridized carbons (Fsp3) is 0.316. The van der Waals surface area contributed by atoms with E-state index in [9.17, 15) is 18.0 Å². The quantitative estimate of drug-likeness (QED) is 0.626. The zero-order valence-corrected chi connectivity index (χ0v) is 14.8. The fourth-order valence-electron chi connectivity index (χ4n) is 3.79. The minimum Gasteiger partial charge on any atom is -0.370 e. The van der Waals surface area contributed by atoms with Gasteiger partial charge in [0.25, 0.3) is 0 Å². The Bertz CT molecular complexity index is 884. The molecule has 1 N–H and O–H groups in total. The molecule has 0 amide bonds. The largest absolute Gasteiger partial charge is 0.416 e. The lowest BCUT2D eigenvalue weighted by atomic mass is 10.2. The highest BCUT2D eigenvalue weighted by Crippen LogP contribution is 2.37. The summed E-state index contributed by atoms with van der Waals surface area (Å²) in [5, 5.41) is 3.08. The van der Waals surface area contributed by atoms with E-state index < -0.39 is 11.7 Å². The van der Waals surface area contributed by atoms with Crippen LogP contribution in [-0.2, 0) is 11.0 Å². The summed E-state index contributed by atoms with van der Waals surface area (Å²) in [6.45, 7) is 1.53. The molecule has 4 rings (SSSR count). The zero-order chi connectivity index (χ0) is 19.7. The van der Waals surface area contributed by atoms with Crippen LogP contribution in [-0.4, -0.2) is 46.3 Å². The van der Waals surface area contributed by atoms with E-state index in [1.807, 2.05) is 6.20 Å². The maximum absolute atomic E-state index is 12.7. The van der Waals surface area contributed by atoms with Crippen LogP contribution in [0.1, 0.15) is 12.0 Å². The van der Waals surface area contributed by atoms with Crippen LogP contribution in [0.4, 0.5) is 30.5 Å². The molecule has 0 radical (unpaired) electrons. The van der Waals surface area contributed by atoms with Gasteiger partial charge in [-0.25, -0.2) is 9.97 Å². The monoisotopic (exact) mass is 389 g/mol. The second-order valence-electron chi connectivity index (χ2n) is 6.80. The van der Waals surface area contributed by atoms with Crippen LogP contribution in [0.5, 0.6) is 0 Å². The van der Waals surface area contributed by atoms with Gasteiger partial charge in [0.15, 0.2) is 11.6 Å². The molecule has 0 aliphatic carbocycles. The molecule has 0 saturated carbocycles.